The number of nitrogens with one attached hydrogen (secondary N) is 1. The van der Waals surface area contributed by atoms with Gasteiger partial charge < -0.3 is 15.3 Å². The third-order valence-corrected chi connectivity index (χ3v) is 5.25. The van der Waals surface area contributed by atoms with E-state index < -0.39 is 11.9 Å². The molecule has 1 aliphatic rings. The summed E-state index contributed by atoms with van der Waals surface area (Å²) in [7, 11) is 3.91. The number of halogens is 2. The second-order valence-electron chi connectivity index (χ2n) is 6.39. The number of hydrogen-bond donors (Lipinski definition) is 2. The molecule has 0 saturated heterocycles. The average molecular weight is 442 g/mol. The van der Waals surface area contributed by atoms with Gasteiger partial charge in [0.25, 0.3) is 5.91 Å². The molecular weight excluding hydrogens is 421 g/mol. The molecule has 0 bridgehead atoms. The highest BCUT2D eigenvalue weighted by molar-refractivity contribution is 7.11. The maximum Gasteiger partial charge on any atom is 0.329 e. The highest BCUT2D eigenvalue weighted by atomic mass is 35.5. The van der Waals surface area contributed by atoms with Crippen molar-refractivity contribution < 1.29 is 14.7 Å². The third-order valence-electron chi connectivity index (χ3n) is 4.14. The minimum absolute atomic E-state index is 0. The molecule has 6 nitrogen and oxygen atoms in total. The number of imide groups is 1. The second kappa shape index (κ2) is 9.43. The summed E-state index contributed by atoms with van der Waals surface area (Å²) < 4.78 is 0. The fourth-order valence-electron chi connectivity index (χ4n) is 2.88. The number of urea groups is 1. The minimum Gasteiger partial charge on any atom is -0.506 e. The average Bonchev–Trinajstić information content (AvgIpc) is 3.23. The second-order valence-corrected chi connectivity index (χ2v) is 7.78. The van der Waals surface area contributed by atoms with Crippen LogP contribution in [0, 0.1) is 0 Å². The Kier molecular flexibility index (Phi) is 7.48. The number of rotatable bonds is 5. The molecule has 1 aliphatic heterocycles. The molecule has 3 amide bonds. The Morgan fingerprint density at radius 1 is 1.32 bits per heavy atom. The van der Waals surface area contributed by atoms with Gasteiger partial charge in [0.05, 0.1) is 16.1 Å². The van der Waals surface area contributed by atoms with E-state index in [2.05, 4.69) is 5.32 Å². The van der Waals surface area contributed by atoms with Crippen LogP contribution in [-0.2, 0) is 4.79 Å². The number of aliphatic hydroxyl groups is 1. The summed E-state index contributed by atoms with van der Waals surface area (Å²) in [5.74, 6) is -0.718. The first-order valence-electron chi connectivity index (χ1n) is 8.44. The van der Waals surface area contributed by atoms with Crippen molar-refractivity contribution in [2.45, 2.75) is 6.42 Å². The van der Waals surface area contributed by atoms with Crippen molar-refractivity contribution in [2.75, 3.05) is 32.1 Å². The molecule has 150 valence electrons. The fourth-order valence-corrected chi connectivity index (χ4v) is 3.72. The van der Waals surface area contributed by atoms with Crippen molar-refractivity contribution in [2.24, 2.45) is 0 Å². The molecule has 0 radical (unpaired) electrons. The molecular formula is C19H21Cl2N3O3S. The smallest absolute Gasteiger partial charge is 0.329 e. The first-order chi connectivity index (χ1) is 12.9. The van der Waals surface area contributed by atoms with Crippen molar-refractivity contribution in [1.82, 2.24) is 10.2 Å². The molecule has 0 spiro atoms. The van der Waals surface area contributed by atoms with Gasteiger partial charge in [0.15, 0.2) is 0 Å². The topological polar surface area (TPSA) is 72.9 Å². The van der Waals surface area contributed by atoms with Crippen molar-refractivity contribution in [3.63, 3.8) is 0 Å². The van der Waals surface area contributed by atoms with E-state index in [1.165, 1.54) is 11.3 Å². The van der Waals surface area contributed by atoms with Crippen LogP contribution in [-0.4, -0.2) is 49.1 Å². The standard InChI is InChI=1S/C19H20ClN3O3S.ClH/c1-22(2)9-4-8-21-19(26)23-14-7-6-12(20)11-13(14)16(18(23)25)17(24)15-5-3-10-27-15;/h3,5-7,10-11,24H,4,8-9H2,1-2H3,(H,21,26);1H. The summed E-state index contributed by atoms with van der Waals surface area (Å²) in [5, 5.41) is 15.6. The monoisotopic (exact) mass is 441 g/mol. The molecule has 1 aromatic carbocycles. The Labute approximate surface area is 178 Å². The van der Waals surface area contributed by atoms with Crippen LogP contribution in [0.15, 0.2) is 35.7 Å². The first-order valence-corrected chi connectivity index (χ1v) is 9.70. The summed E-state index contributed by atoms with van der Waals surface area (Å²) in [5.41, 5.74) is 0.938. The zero-order valence-electron chi connectivity index (χ0n) is 15.4. The summed E-state index contributed by atoms with van der Waals surface area (Å²) in [6, 6.07) is 7.80. The van der Waals surface area contributed by atoms with E-state index in [4.69, 9.17) is 11.6 Å². The van der Waals surface area contributed by atoms with Crippen molar-refractivity contribution in [3.8, 4) is 0 Å². The number of thiophene rings is 1. The number of carbonyl (C=O) groups is 2. The molecule has 0 atom stereocenters. The predicted molar refractivity (Wildman–Crippen MR) is 117 cm³/mol. The van der Waals surface area contributed by atoms with Crippen molar-refractivity contribution >= 4 is 64.3 Å². The zero-order valence-corrected chi connectivity index (χ0v) is 17.8. The van der Waals surface area contributed by atoms with E-state index in [1.807, 2.05) is 19.0 Å². The summed E-state index contributed by atoms with van der Waals surface area (Å²) in [4.78, 5) is 29.3. The van der Waals surface area contributed by atoms with Crippen LogP contribution in [0.4, 0.5) is 10.5 Å². The van der Waals surface area contributed by atoms with Gasteiger partial charge in [-0.1, -0.05) is 17.7 Å². The first kappa shape index (κ1) is 22.2. The van der Waals surface area contributed by atoms with E-state index >= 15 is 0 Å². The van der Waals surface area contributed by atoms with Crippen LogP contribution < -0.4 is 10.2 Å². The van der Waals surface area contributed by atoms with Gasteiger partial charge in [0.1, 0.15) is 5.76 Å². The summed E-state index contributed by atoms with van der Waals surface area (Å²) >= 11 is 7.40. The predicted octanol–water partition coefficient (Wildman–Crippen LogP) is 4.26. The molecule has 9 heteroatoms. The van der Waals surface area contributed by atoms with Gasteiger partial charge in [-0.05, 0) is 56.7 Å². The molecule has 28 heavy (non-hydrogen) atoms. The van der Waals surface area contributed by atoms with E-state index in [1.54, 1.807) is 35.7 Å². The lowest BCUT2D eigenvalue weighted by Gasteiger charge is -2.17. The van der Waals surface area contributed by atoms with Crippen LogP contribution in [0.1, 0.15) is 16.9 Å². The highest BCUT2D eigenvalue weighted by Gasteiger charge is 2.39. The fraction of sp³-hybridized carbons (Fsp3) is 0.263. The molecule has 3 rings (SSSR count). The number of carbonyl (C=O) groups excluding carboxylic acids is 2. The Morgan fingerprint density at radius 2 is 2.07 bits per heavy atom. The normalized spacial score (nSPS) is 14.7. The Balaban J connectivity index is 0.00000280. The number of amides is 3. The molecule has 0 aliphatic carbocycles. The third kappa shape index (κ3) is 4.50. The number of fused-ring (bicyclic) bond motifs is 1. The Bertz CT molecular complexity index is 898. The van der Waals surface area contributed by atoms with Gasteiger partial charge in [-0.2, -0.15) is 0 Å². The minimum atomic E-state index is -0.566. The van der Waals surface area contributed by atoms with Crippen molar-refractivity contribution in [1.29, 1.82) is 0 Å². The van der Waals surface area contributed by atoms with E-state index in [9.17, 15) is 14.7 Å². The van der Waals surface area contributed by atoms with Crippen LogP contribution >= 0.6 is 35.3 Å². The molecule has 0 unspecified atom stereocenters. The largest absolute Gasteiger partial charge is 0.506 e. The number of nitrogens with zero attached hydrogens (tertiary/aromatic N) is 2. The lowest BCUT2D eigenvalue weighted by atomic mass is 10.1. The maximum atomic E-state index is 13.0. The van der Waals surface area contributed by atoms with Gasteiger partial charge >= 0.3 is 6.03 Å². The molecule has 2 heterocycles. The lowest BCUT2D eigenvalue weighted by molar-refractivity contribution is -0.112. The van der Waals surface area contributed by atoms with Crippen LogP contribution in [0.3, 0.4) is 0 Å². The SMILES string of the molecule is CN(C)CCCNC(=O)N1C(=O)C(=C(O)c2cccs2)c2cc(Cl)ccc21.Cl. The van der Waals surface area contributed by atoms with E-state index in [0.717, 1.165) is 17.9 Å². The molecule has 2 N–H and O–H groups in total. The van der Waals surface area contributed by atoms with Gasteiger partial charge in [0.2, 0.25) is 0 Å². The number of aliphatic hydroxyl groups excluding tert-OH is 1. The van der Waals surface area contributed by atoms with Crippen LogP contribution in [0.2, 0.25) is 5.02 Å². The molecule has 1 aromatic heterocycles. The van der Waals surface area contributed by atoms with Gasteiger partial charge in [-0.15, -0.1) is 23.7 Å². The lowest BCUT2D eigenvalue weighted by Crippen LogP contribution is -2.42. The Morgan fingerprint density at radius 3 is 2.71 bits per heavy atom. The number of benzene rings is 1. The maximum absolute atomic E-state index is 13.0. The summed E-state index contributed by atoms with van der Waals surface area (Å²) in [6.07, 6.45) is 0.761. The quantitative estimate of drug-likeness (QED) is 0.413. The van der Waals surface area contributed by atoms with Crippen LogP contribution in [0.5, 0.6) is 0 Å². The van der Waals surface area contributed by atoms with Gasteiger partial charge in [0, 0.05) is 17.1 Å². The number of hydrogen-bond acceptors (Lipinski definition) is 5. The van der Waals surface area contributed by atoms with Crippen LogP contribution in [0.25, 0.3) is 11.3 Å². The van der Waals surface area contributed by atoms with Gasteiger partial charge in [-0.3, -0.25) is 4.79 Å². The highest BCUT2D eigenvalue weighted by Crippen LogP contribution is 2.42. The van der Waals surface area contributed by atoms with E-state index in [0.29, 0.717) is 27.7 Å². The Hall–Kier alpha value is -2.06. The molecule has 0 fully saturated rings. The summed E-state index contributed by atoms with van der Waals surface area (Å²) in [6.45, 7) is 1.27. The van der Waals surface area contributed by atoms with E-state index in [-0.39, 0.29) is 23.7 Å². The number of anilines is 1. The van der Waals surface area contributed by atoms with Crippen molar-refractivity contribution in [3.05, 3.63) is 51.2 Å². The zero-order chi connectivity index (χ0) is 19.6. The molecule has 0 saturated carbocycles. The van der Waals surface area contributed by atoms with Gasteiger partial charge in [-0.25, -0.2) is 9.69 Å². The molecule has 2 aromatic rings.